The normalized spacial score (nSPS) is 14.7. The maximum absolute atomic E-state index is 5.16. The Morgan fingerprint density at radius 2 is 2.25 bits per heavy atom. The molecule has 0 aromatic carbocycles. The van der Waals surface area contributed by atoms with E-state index in [1.165, 1.54) is 0 Å². The number of methoxy groups -OCH3 is 1. The minimum Gasteiger partial charge on any atom is -0.384 e. The van der Waals surface area contributed by atoms with Gasteiger partial charge >= 0.3 is 0 Å². The van der Waals surface area contributed by atoms with Crippen molar-refractivity contribution in [1.82, 2.24) is 10.3 Å². The van der Waals surface area contributed by atoms with E-state index >= 15 is 0 Å². The third kappa shape index (κ3) is 4.73. The van der Waals surface area contributed by atoms with Gasteiger partial charge in [-0.05, 0) is 31.5 Å². The molecule has 16 heavy (non-hydrogen) atoms. The van der Waals surface area contributed by atoms with E-state index in [1.807, 2.05) is 25.4 Å². The average Bonchev–Trinajstić information content (AvgIpc) is 2.30. The third-order valence-corrected chi connectivity index (χ3v) is 2.73. The number of hydrogen-bond acceptors (Lipinski definition) is 3. The molecule has 0 spiro atoms. The summed E-state index contributed by atoms with van der Waals surface area (Å²) >= 11 is 0. The summed E-state index contributed by atoms with van der Waals surface area (Å²) in [5.74, 6) is 0.575. The number of aromatic nitrogens is 1. The first-order chi connectivity index (χ1) is 7.76. The molecule has 0 bridgehead atoms. The Morgan fingerprint density at radius 1 is 1.44 bits per heavy atom. The smallest absolute Gasteiger partial charge is 0.0488 e. The highest BCUT2D eigenvalue weighted by atomic mass is 16.5. The maximum atomic E-state index is 5.16. The fourth-order valence-corrected chi connectivity index (χ4v) is 1.91. The first-order valence-electron chi connectivity index (χ1n) is 5.82. The molecule has 2 unspecified atom stereocenters. The van der Waals surface area contributed by atoms with Crippen molar-refractivity contribution < 1.29 is 4.74 Å². The fourth-order valence-electron chi connectivity index (χ4n) is 1.91. The number of ether oxygens (including phenoxy) is 1. The Balaban J connectivity index is 2.43. The summed E-state index contributed by atoms with van der Waals surface area (Å²) in [5.41, 5.74) is 1.14. The summed E-state index contributed by atoms with van der Waals surface area (Å²) < 4.78 is 5.16. The quantitative estimate of drug-likeness (QED) is 0.765. The molecule has 3 nitrogen and oxygen atoms in total. The molecule has 0 fully saturated rings. The van der Waals surface area contributed by atoms with Gasteiger partial charge in [-0.1, -0.05) is 13.0 Å². The summed E-state index contributed by atoms with van der Waals surface area (Å²) in [7, 11) is 3.76. The van der Waals surface area contributed by atoms with Crippen molar-refractivity contribution in [3.63, 3.8) is 0 Å². The zero-order valence-corrected chi connectivity index (χ0v) is 10.4. The van der Waals surface area contributed by atoms with Gasteiger partial charge in [0.25, 0.3) is 0 Å². The third-order valence-electron chi connectivity index (χ3n) is 2.73. The standard InChI is InChI=1S/C13H22N2O/c1-11(10-16-3)8-13(14-2)9-12-6-4-5-7-15-12/h4-7,11,13-14H,8-10H2,1-3H3. The second kappa shape index (κ2) is 7.36. The first kappa shape index (κ1) is 13.1. The van der Waals surface area contributed by atoms with Gasteiger partial charge < -0.3 is 10.1 Å². The van der Waals surface area contributed by atoms with Crippen LogP contribution in [0, 0.1) is 5.92 Å². The summed E-state index contributed by atoms with van der Waals surface area (Å²) in [6.07, 6.45) is 3.94. The van der Waals surface area contributed by atoms with Crippen molar-refractivity contribution in [3.05, 3.63) is 30.1 Å². The zero-order valence-electron chi connectivity index (χ0n) is 10.4. The van der Waals surface area contributed by atoms with Crippen molar-refractivity contribution in [2.24, 2.45) is 5.92 Å². The summed E-state index contributed by atoms with van der Waals surface area (Å²) in [6.45, 7) is 3.03. The van der Waals surface area contributed by atoms with Gasteiger partial charge in [0.2, 0.25) is 0 Å². The maximum Gasteiger partial charge on any atom is 0.0488 e. The molecular formula is C13H22N2O. The van der Waals surface area contributed by atoms with E-state index in [1.54, 1.807) is 7.11 Å². The summed E-state index contributed by atoms with van der Waals surface area (Å²) in [4.78, 5) is 4.35. The minimum atomic E-state index is 0.472. The molecule has 1 heterocycles. The SMILES string of the molecule is CNC(Cc1ccccn1)CC(C)COC. The van der Waals surface area contributed by atoms with Crippen molar-refractivity contribution in [2.75, 3.05) is 20.8 Å². The van der Waals surface area contributed by atoms with Crippen LogP contribution in [0.25, 0.3) is 0 Å². The Bertz CT molecular complexity index is 277. The first-order valence-corrected chi connectivity index (χ1v) is 5.82. The van der Waals surface area contributed by atoms with E-state index in [9.17, 15) is 0 Å². The molecule has 0 aliphatic carbocycles. The molecule has 90 valence electrons. The monoisotopic (exact) mass is 222 g/mol. The lowest BCUT2D eigenvalue weighted by atomic mass is 9.99. The van der Waals surface area contributed by atoms with Gasteiger partial charge in [-0.25, -0.2) is 0 Å². The van der Waals surface area contributed by atoms with Crippen molar-refractivity contribution >= 4 is 0 Å². The van der Waals surface area contributed by atoms with Crippen LogP contribution < -0.4 is 5.32 Å². The number of rotatable bonds is 7. The van der Waals surface area contributed by atoms with Crippen LogP contribution in [0.3, 0.4) is 0 Å². The molecule has 0 amide bonds. The lowest BCUT2D eigenvalue weighted by Crippen LogP contribution is -2.30. The average molecular weight is 222 g/mol. The number of nitrogens with zero attached hydrogens (tertiary/aromatic N) is 1. The molecular weight excluding hydrogens is 200 g/mol. The topological polar surface area (TPSA) is 34.2 Å². The number of likely N-dealkylation sites (N-methyl/N-ethyl adjacent to an activating group) is 1. The highest BCUT2D eigenvalue weighted by molar-refractivity contribution is 5.05. The zero-order chi connectivity index (χ0) is 11.8. The lowest BCUT2D eigenvalue weighted by molar-refractivity contribution is 0.150. The van der Waals surface area contributed by atoms with Crippen LogP contribution in [0.15, 0.2) is 24.4 Å². The molecule has 1 aromatic heterocycles. The van der Waals surface area contributed by atoms with Gasteiger partial charge in [0.1, 0.15) is 0 Å². The van der Waals surface area contributed by atoms with Crippen LogP contribution in [-0.2, 0) is 11.2 Å². The van der Waals surface area contributed by atoms with E-state index in [0.717, 1.165) is 25.1 Å². The van der Waals surface area contributed by atoms with E-state index in [2.05, 4.69) is 23.3 Å². The summed E-state index contributed by atoms with van der Waals surface area (Å²) in [6, 6.07) is 6.53. The van der Waals surface area contributed by atoms with Gasteiger partial charge in [-0.15, -0.1) is 0 Å². The van der Waals surface area contributed by atoms with E-state index < -0.39 is 0 Å². The molecule has 1 N–H and O–H groups in total. The van der Waals surface area contributed by atoms with E-state index in [0.29, 0.717) is 12.0 Å². The minimum absolute atomic E-state index is 0.472. The number of hydrogen-bond donors (Lipinski definition) is 1. The Morgan fingerprint density at radius 3 is 2.81 bits per heavy atom. The largest absolute Gasteiger partial charge is 0.384 e. The van der Waals surface area contributed by atoms with Crippen LogP contribution in [-0.4, -0.2) is 31.8 Å². The van der Waals surface area contributed by atoms with Crippen molar-refractivity contribution in [1.29, 1.82) is 0 Å². The second-order valence-corrected chi connectivity index (χ2v) is 4.31. The summed E-state index contributed by atoms with van der Waals surface area (Å²) in [5, 5.41) is 3.34. The van der Waals surface area contributed by atoms with Gasteiger partial charge in [0.05, 0.1) is 0 Å². The van der Waals surface area contributed by atoms with Gasteiger partial charge in [0, 0.05) is 38.1 Å². The molecule has 0 saturated heterocycles. The van der Waals surface area contributed by atoms with Crippen molar-refractivity contribution in [3.8, 4) is 0 Å². The van der Waals surface area contributed by atoms with E-state index in [-0.39, 0.29) is 0 Å². The van der Waals surface area contributed by atoms with Crippen LogP contribution in [0.5, 0.6) is 0 Å². The van der Waals surface area contributed by atoms with Crippen molar-refractivity contribution in [2.45, 2.75) is 25.8 Å². The van der Waals surface area contributed by atoms with Gasteiger partial charge in [-0.3, -0.25) is 4.98 Å². The number of nitrogens with one attached hydrogen (secondary N) is 1. The predicted octanol–water partition coefficient (Wildman–Crippen LogP) is 1.88. The Labute approximate surface area is 98.2 Å². The van der Waals surface area contributed by atoms with Crippen LogP contribution in [0.4, 0.5) is 0 Å². The molecule has 0 aliphatic heterocycles. The van der Waals surface area contributed by atoms with Gasteiger partial charge in [0.15, 0.2) is 0 Å². The molecule has 0 saturated carbocycles. The molecule has 0 aliphatic rings. The molecule has 3 heteroatoms. The number of pyridine rings is 1. The second-order valence-electron chi connectivity index (χ2n) is 4.31. The van der Waals surface area contributed by atoms with Crippen LogP contribution in [0.1, 0.15) is 19.0 Å². The molecule has 1 rings (SSSR count). The lowest BCUT2D eigenvalue weighted by Gasteiger charge is -2.19. The molecule has 0 radical (unpaired) electrons. The van der Waals surface area contributed by atoms with E-state index in [4.69, 9.17) is 4.74 Å². The Kier molecular flexibility index (Phi) is 6.04. The fraction of sp³-hybridized carbons (Fsp3) is 0.615. The predicted molar refractivity (Wildman–Crippen MR) is 66.4 cm³/mol. The highest BCUT2D eigenvalue weighted by Crippen LogP contribution is 2.10. The van der Waals surface area contributed by atoms with Crippen LogP contribution >= 0.6 is 0 Å². The molecule has 1 aromatic rings. The highest BCUT2D eigenvalue weighted by Gasteiger charge is 2.12. The van der Waals surface area contributed by atoms with Gasteiger partial charge in [-0.2, -0.15) is 0 Å². The van der Waals surface area contributed by atoms with Crippen LogP contribution in [0.2, 0.25) is 0 Å². The molecule has 2 atom stereocenters. The Hall–Kier alpha value is -0.930.